The van der Waals surface area contributed by atoms with Gasteiger partial charge in [0.15, 0.2) is 0 Å². The predicted molar refractivity (Wildman–Crippen MR) is 144 cm³/mol. The summed E-state index contributed by atoms with van der Waals surface area (Å²) in [6.45, 7) is 5.31. The number of rotatable bonds is 6. The molecule has 0 aromatic heterocycles. The van der Waals surface area contributed by atoms with E-state index in [9.17, 15) is 18.0 Å². The molecule has 3 aromatic rings. The van der Waals surface area contributed by atoms with E-state index in [2.05, 4.69) is 15.0 Å². The van der Waals surface area contributed by atoms with Crippen LogP contribution in [0.4, 0.5) is 24.5 Å². The van der Waals surface area contributed by atoms with E-state index in [1.165, 1.54) is 18.2 Å². The summed E-state index contributed by atoms with van der Waals surface area (Å²) in [5, 5.41) is 3.78. The highest BCUT2D eigenvalue weighted by molar-refractivity contribution is 6.34. The number of hydrogen-bond acceptors (Lipinski definition) is 5. The number of carbonyl (C=O) groups is 1. The lowest BCUT2D eigenvalue weighted by Gasteiger charge is -2.19. The molecular formula is C27H24Cl2F3N3O3. The predicted octanol–water partition coefficient (Wildman–Crippen LogP) is 7.99. The van der Waals surface area contributed by atoms with Gasteiger partial charge < -0.3 is 20.5 Å². The van der Waals surface area contributed by atoms with E-state index in [0.29, 0.717) is 32.5 Å². The van der Waals surface area contributed by atoms with Crippen LogP contribution in [0.5, 0.6) is 5.75 Å². The van der Waals surface area contributed by atoms with Crippen LogP contribution < -0.4 is 15.8 Å². The van der Waals surface area contributed by atoms with Crippen molar-refractivity contribution in [3.63, 3.8) is 0 Å². The summed E-state index contributed by atoms with van der Waals surface area (Å²) in [6.07, 6.45) is -3.29. The molecule has 0 fully saturated rings. The maximum Gasteiger partial charge on any atom is 0.573 e. The number of esters is 1. The Morgan fingerprint density at radius 3 is 2.03 bits per heavy atom. The Balaban J connectivity index is 1.93. The standard InChI is InChI=1S/C27H24Cl2F3N3O3/c1-26(2,3)38-25(36)16-4-6-20(7-5-16)34-24(15-23(33)17-12-18(28)14-19(29)13-17)35-21-8-10-22(11-9-21)37-27(30,31)32/h4-15H,33H2,1-3H3,(H,34,35). The molecule has 3 rings (SSSR count). The zero-order chi connectivity index (χ0) is 28.1. The van der Waals surface area contributed by atoms with E-state index in [1.54, 1.807) is 63.2 Å². The highest BCUT2D eigenvalue weighted by Crippen LogP contribution is 2.26. The number of benzene rings is 3. The van der Waals surface area contributed by atoms with Gasteiger partial charge in [-0.15, -0.1) is 13.2 Å². The quantitative estimate of drug-likeness (QED) is 0.180. The fourth-order valence-corrected chi connectivity index (χ4v) is 3.61. The van der Waals surface area contributed by atoms with Crippen molar-refractivity contribution < 1.29 is 27.4 Å². The zero-order valence-electron chi connectivity index (χ0n) is 20.6. The number of amidine groups is 1. The lowest BCUT2D eigenvalue weighted by Crippen LogP contribution is -2.23. The average molecular weight is 566 g/mol. The van der Waals surface area contributed by atoms with Gasteiger partial charge in [-0.25, -0.2) is 9.79 Å². The highest BCUT2D eigenvalue weighted by atomic mass is 35.5. The molecule has 0 aliphatic carbocycles. The van der Waals surface area contributed by atoms with Crippen LogP contribution >= 0.6 is 23.2 Å². The van der Waals surface area contributed by atoms with Crippen molar-refractivity contribution >= 4 is 52.1 Å². The molecule has 6 nitrogen and oxygen atoms in total. The van der Waals surface area contributed by atoms with Gasteiger partial charge in [0.25, 0.3) is 0 Å². The van der Waals surface area contributed by atoms with E-state index < -0.39 is 17.9 Å². The van der Waals surface area contributed by atoms with Crippen LogP contribution in [-0.2, 0) is 4.74 Å². The third-order valence-corrected chi connectivity index (χ3v) is 5.04. The van der Waals surface area contributed by atoms with Crippen molar-refractivity contribution in [1.82, 2.24) is 0 Å². The Hall–Kier alpha value is -3.69. The molecule has 0 heterocycles. The third kappa shape index (κ3) is 9.32. The van der Waals surface area contributed by atoms with Crippen LogP contribution in [0.1, 0.15) is 36.7 Å². The van der Waals surface area contributed by atoms with Gasteiger partial charge >= 0.3 is 12.3 Å². The average Bonchev–Trinajstić information content (AvgIpc) is 2.78. The number of nitrogens with zero attached hydrogens (tertiary/aromatic N) is 1. The SMILES string of the molecule is CC(C)(C)OC(=O)c1ccc(N=C(C=C(N)c2cc(Cl)cc(Cl)c2)Nc2ccc(OC(F)(F)F)cc2)cc1. The second-order valence-electron chi connectivity index (χ2n) is 9.00. The molecule has 0 aliphatic heterocycles. The molecule has 0 aliphatic rings. The van der Waals surface area contributed by atoms with Gasteiger partial charge in [-0.1, -0.05) is 23.2 Å². The molecule has 0 saturated heterocycles. The molecule has 200 valence electrons. The molecule has 0 spiro atoms. The molecule has 3 N–H and O–H groups in total. The summed E-state index contributed by atoms with van der Waals surface area (Å²) in [5.41, 5.74) is 7.65. The van der Waals surface area contributed by atoms with Crippen molar-refractivity contribution in [2.75, 3.05) is 5.32 Å². The van der Waals surface area contributed by atoms with Crippen molar-refractivity contribution in [2.24, 2.45) is 10.7 Å². The van der Waals surface area contributed by atoms with Crippen LogP contribution in [0, 0.1) is 0 Å². The molecule has 38 heavy (non-hydrogen) atoms. The summed E-state index contributed by atoms with van der Waals surface area (Å²) in [5.74, 6) is -0.606. The number of ether oxygens (including phenoxy) is 2. The topological polar surface area (TPSA) is 85.9 Å². The van der Waals surface area contributed by atoms with E-state index >= 15 is 0 Å². The lowest BCUT2D eigenvalue weighted by molar-refractivity contribution is -0.274. The van der Waals surface area contributed by atoms with Crippen molar-refractivity contribution in [1.29, 1.82) is 0 Å². The van der Waals surface area contributed by atoms with Gasteiger partial charge in [-0.05, 0) is 87.5 Å². The Kier molecular flexibility index (Phi) is 8.96. The number of carbonyl (C=O) groups excluding carboxylic acids is 1. The molecule has 3 aromatic carbocycles. The minimum Gasteiger partial charge on any atom is -0.456 e. The van der Waals surface area contributed by atoms with Gasteiger partial charge in [-0.2, -0.15) is 0 Å². The first-order chi connectivity index (χ1) is 17.7. The van der Waals surface area contributed by atoms with Crippen LogP contribution in [0.25, 0.3) is 5.70 Å². The summed E-state index contributed by atoms with van der Waals surface area (Å²) < 4.78 is 46.7. The minimum absolute atomic E-state index is 0.244. The number of nitrogens with one attached hydrogen (secondary N) is 1. The van der Waals surface area contributed by atoms with Crippen LogP contribution in [-0.4, -0.2) is 23.8 Å². The maximum absolute atomic E-state index is 12.5. The van der Waals surface area contributed by atoms with Crippen molar-refractivity contribution in [2.45, 2.75) is 32.7 Å². The Labute approximate surface area is 227 Å². The number of halogens is 5. The van der Waals surface area contributed by atoms with E-state index in [4.69, 9.17) is 33.7 Å². The van der Waals surface area contributed by atoms with Crippen molar-refractivity contribution in [3.05, 3.63) is 94.0 Å². The number of hydrogen-bond donors (Lipinski definition) is 2. The first kappa shape index (κ1) is 28.9. The van der Waals surface area contributed by atoms with Gasteiger partial charge in [-0.3, -0.25) is 0 Å². The second-order valence-corrected chi connectivity index (χ2v) is 9.87. The zero-order valence-corrected chi connectivity index (χ0v) is 22.1. The fraction of sp³-hybridized carbons (Fsp3) is 0.185. The highest BCUT2D eigenvalue weighted by Gasteiger charge is 2.31. The fourth-order valence-electron chi connectivity index (χ4n) is 3.08. The summed E-state index contributed by atoms with van der Waals surface area (Å²) in [7, 11) is 0. The molecule has 0 amide bonds. The lowest BCUT2D eigenvalue weighted by atomic mass is 10.1. The molecule has 0 atom stereocenters. The van der Waals surface area contributed by atoms with Gasteiger partial charge in [0.1, 0.15) is 17.2 Å². The molecule has 11 heteroatoms. The summed E-state index contributed by atoms with van der Waals surface area (Å²) in [6, 6.07) is 16.3. The van der Waals surface area contributed by atoms with Gasteiger partial charge in [0, 0.05) is 33.1 Å². The largest absolute Gasteiger partial charge is 0.573 e. The maximum atomic E-state index is 12.5. The third-order valence-electron chi connectivity index (χ3n) is 4.60. The number of anilines is 1. The molecule has 0 bridgehead atoms. The summed E-state index contributed by atoms with van der Waals surface area (Å²) >= 11 is 12.2. The van der Waals surface area contributed by atoms with Crippen LogP contribution in [0.3, 0.4) is 0 Å². The van der Waals surface area contributed by atoms with E-state index in [1.807, 2.05) is 0 Å². The number of alkyl halides is 3. The van der Waals surface area contributed by atoms with Crippen LogP contribution in [0.2, 0.25) is 10.0 Å². The Morgan fingerprint density at radius 1 is 0.921 bits per heavy atom. The first-order valence-corrected chi connectivity index (χ1v) is 11.9. The van der Waals surface area contributed by atoms with E-state index in [-0.39, 0.29) is 17.3 Å². The van der Waals surface area contributed by atoms with Crippen molar-refractivity contribution in [3.8, 4) is 5.75 Å². The molecular weight excluding hydrogens is 542 g/mol. The molecule has 0 radical (unpaired) electrons. The Morgan fingerprint density at radius 2 is 1.50 bits per heavy atom. The van der Waals surface area contributed by atoms with E-state index in [0.717, 1.165) is 12.1 Å². The van der Waals surface area contributed by atoms with Gasteiger partial charge in [0.05, 0.1) is 11.3 Å². The second kappa shape index (κ2) is 11.8. The number of aliphatic imine (C=N–C) groups is 1. The Bertz CT molecular complexity index is 1330. The number of nitrogens with two attached hydrogens (primary N) is 1. The van der Waals surface area contributed by atoms with Gasteiger partial charge in [0.2, 0.25) is 0 Å². The smallest absolute Gasteiger partial charge is 0.456 e. The normalized spacial score (nSPS) is 12.7. The monoisotopic (exact) mass is 565 g/mol. The summed E-state index contributed by atoms with van der Waals surface area (Å²) in [4.78, 5) is 16.8. The molecule has 0 saturated carbocycles. The minimum atomic E-state index is -4.80. The molecule has 0 unspecified atom stereocenters. The van der Waals surface area contributed by atoms with Crippen LogP contribution in [0.15, 0.2) is 77.8 Å². The first-order valence-electron chi connectivity index (χ1n) is 11.2.